The van der Waals surface area contributed by atoms with Gasteiger partial charge >= 0.3 is 0 Å². The molecule has 0 aromatic rings. The molecule has 0 amide bonds. The number of nitrogens with one attached hydrogen (secondary N) is 1. The number of likely N-dealkylation sites (N-methyl/N-ethyl adjacent to an activating group) is 1. The van der Waals surface area contributed by atoms with E-state index in [0.717, 1.165) is 6.54 Å². The topological polar surface area (TPSA) is 24.5 Å². The quantitative estimate of drug-likeness (QED) is 0.547. The van der Waals surface area contributed by atoms with Crippen molar-refractivity contribution in [1.29, 1.82) is 0 Å². The number of ether oxygens (including phenoxy) is 1. The van der Waals surface area contributed by atoms with Crippen LogP contribution in [0, 0.1) is 0 Å². The third-order valence-corrected chi connectivity index (χ3v) is 3.37. The molecule has 3 saturated heterocycles. The lowest BCUT2D eigenvalue weighted by Gasteiger charge is -2.21. The first-order valence-corrected chi connectivity index (χ1v) is 4.47. The first-order valence-electron chi connectivity index (χ1n) is 4.47. The van der Waals surface area contributed by atoms with Crippen molar-refractivity contribution in [1.82, 2.24) is 10.2 Å². The van der Waals surface area contributed by atoms with Crippen molar-refractivity contribution >= 4 is 0 Å². The zero-order valence-corrected chi connectivity index (χ0v) is 6.79. The Hall–Kier alpha value is -0.120. The summed E-state index contributed by atoms with van der Waals surface area (Å²) in [5.41, 5.74) is 0. The Morgan fingerprint density at radius 2 is 2.36 bits per heavy atom. The molecule has 0 spiro atoms. The Bertz CT molecular complexity index is 171. The first kappa shape index (κ1) is 6.40. The van der Waals surface area contributed by atoms with Gasteiger partial charge in [0.2, 0.25) is 0 Å². The highest BCUT2D eigenvalue weighted by Crippen LogP contribution is 2.39. The summed E-state index contributed by atoms with van der Waals surface area (Å²) in [6.07, 6.45) is 2.28. The Labute approximate surface area is 66.7 Å². The van der Waals surface area contributed by atoms with E-state index in [-0.39, 0.29) is 0 Å². The van der Waals surface area contributed by atoms with Crippen LogP contribution < -0.4 is 5.32 Å². The minimum Gasteiger partial charge on any atom is -0.370 e. The Balaban J connectivity index is 1.93. The van der Waals surface area contributed by atoms with Crippen molar-refractivity contribution in [2.24, 2.45) is 0 Å². The standard InChI is InChI=1S/C8H14N2O/c1-9-7-6-4-10-3-2-5(11-6)8(7)10/h5-9H,2-4H2,1H3/t5-,6+,7-,8?/m1/s1. The zero-order chi connectivity index (χ0) is 7.42. The van der Waals surface area contributed by atoms with Crippen molar-refractivity contribution in [3.63, 3.8) is 0 Å². The second kappa shape index (κ2) is 1.97. The van der Waals surface area contributed by atoms with Gasteiger partial charge in [0.05, 0.1) is 24.3 Å². The predicted molar refractivity (Wildman–Crippen MR) is 41.5 cm³/mol. The SMILES string of the molecule is CN[C@H]1C2[C@H]3CCN2C[C@@H]1O3. The molecule has 3 nitrogen and oxygen atoms in total. The second-order valence-corrected chi connectivity index (χ2v) is 3.80. The van der Waals surface area contributed by atoms with Gasteiger partial charge in [-0.25, -0.2) is 0 Å². The second-order valence-electron chi connectivity index (χ2n) is 3.80. The summed E-state index contributed by atoms with van der Waals surface area (Å²) in [4.78, 5) is 2.57. The number of nitrogens with zero attached hydrogens (tertiary/aromatic N) is 1. The lowest BCUT2D eigenvalue weighted by atomic mass is 10.1. The molecule has 3 heterocycles. The van der Waals surface area contributed by atoms with E-state index in [1.807, 2.05) is 7.05 Å². The third-order valence-electron chi connectivity index (χ3n) is 3.37. The Morgan fingerprint density at radius 3 is 3.00 bits per heavy atom. The fraction of sp³-hybridized carbons (Fsp3) is 1.00. The predicted octanol–water partition coefficient (Wildman–Crippen LogP) is -0.570. The van der Waals surface area contributed by atoms with E-state index in [1.165, 1.54) is 13.0 Å². The lowest BCUT2D eigenvalue weighted by molar-refractivity contribution is 0.00833. The number of fused-ring (bicyclic) bond motifs is 1. The molecule has 0 aromatic carbocycles. The van der Waals surface area contributed by atoms with Gasteiger partial charge in [0, 0.05) is 13.1 Å². The van der Waals surface area contributed by atoms with Crippen LogP contribution in [0.2, 0.25) is 0 Å². The first-order chi connectivity index (χ1) is 5.40. The molecule has 3 heteroatoms. The van der Waals surface area contributed by atoms with Crippen LogP contribution in [0.5, 0.6) is 0 Å². The maximum absolute atomic E-state index is 5.85. The van der Waals surface area contributed by atoms with Crippen LogP contribution in [0.3, 0.4) is 0 Å². The third kappa shape index (κ3) is 0.643. The Kier molecular flexibility index (Phi) is 1.15. The summed E-state index contributed by atoms with van der Waals surface area (Å²) < 4.78 is 5.85. The van der Waals surface area contributed by atoms with Crippen LogP contribution in [-0.4, -0.2) is 49.3 Å². The molecule has 0 saturated carbocycles. The zero-order valence-electron chi connectivity index (χ0n) is 6.79. The van der Waals surface area contributed by atoms with Crippen LogP contribution >= 0.6 is 0 Å². The fourth-order valence-electron chi connectivity index (χ4n) is 2.94. The van der Waals surface area contributed by atoms with Crippen molar-refractivity contribution < 1.29 is 4.74 Å². The van der Waals surface area contributed by atoms with Gasteiger partial charge in [-0.3, -0.25) is 4.90 Å². The van der Waals surface area contributed by atoms with Gasteiger partial charge in [-0.15, -0.1) is 0 Å². The minimum absolute atomic E-state index is 0.484. The van der Waals surface area contributed by atoms with Crippen molar-refractivity contribution in [3.05, 3.63) is 0 Å². The van der Waals surface area contributed by atoms with Crippen LogP contribution in [0.15, 0.2) is 0 Å². The molecule has 3 fully saturated rings. The van der Waals surface area contributed by atoms with Crippen LogP contribution in [0.4, 0.5) is 0 Å². The Morgan fingerprint density at radius 1 is 1.45 bits per heavy atom. The van der Waals surface area contributed by atoms with Gasteiger partial charge in [-0.05, 0) is 13.5 Å². The van der Waals surface area contributed by atoms with Gasteiger partial charge in [0.25, 0.3) is 0 Å². The largest absolute Gasteiger partial charge is 0.370 e. The van der Waals surface area contributed by atoms with Crippen molar-refractivity contribution in [3.8, 4) is 0 Å². The minimum atomic E-state index is 0.484. The number of rotatable bonds is 1. The average Bonchev–Trinajstić information content (AvgIpc) is 2.55. The molecule has 3 rings (SSSR count). The molecule has 1 unspecified atom stereocenters. The van der Waals surface area contributed by atoms with E-state index in [2.05, 4.69) is 10.2 Å². The molecular weight excluding hydrogens is 140 g/mol. The summed E-state index contributed by atoms with van der Waals surface area (Å²) in [5.74, 6) is 0. The molecule has 4 atom stereocenters. The van der Waals surface area contributed by atoms with E-state index in [9.17, 15) is 0 Å². The molecule has 11 heavy (non-hydrogen) atoms. The van der Waals surface area contributed by atoms with Crippen molar-refractivity contribution in [2.75, 3.05) is 20.1 Å². The summed E-state index contributed by atoms with van der Waals surface area (Å²) in [6.45, 7) is 2.41. The van der Waals surface area contributed by atoms with Gasteiger partial charge in [0.15, 0.2) is 0 Å². The van der Waals surface area contributed by atoms with Crippen molar-refractivity contribution in [2.45, 2.75) is 30.7 Å². The van der Waals surface area contributed by atoms with E-state index < -0.39 is 0 Å². The highest BCUT2D eigenvalue weighted by molar-refractivity contribution is 5.11. The molecule has 0 aromatic heterocycles. The summed E-state index contributed by atoms with van der Waals surface area (Å²) in [5, 5.41) is 3.36. The normalized spacial score (nSPS) is 54.3. The maximum atomic E-state index is 5.85. The molecule has 3 aliphatic heterocycles. The highest BCUT2D eigenvalue weighted by Gasteiger charge is 2.56. The summed E-state index contributed by atoms with van der Waals surface area (Å²) in [6, 6.07) is 1.31. The molecule has 2 bridgehead atoms. The maximum Gasteiger partial charge on any atom is 0.0875 e. The monoisotopic (exact) mass is 154 g/mol. The van der Waals surface area contributed by atoms with Crippen LogP contribution in [-0.2, 0) is 4.74 Å². The van der Waals surface area contributed by atoms with Crippen LogP contribution in [0.1, 0.15) is 6.42 Å². The van der Waals surface area contributed by atoms with Gasteiger partial charge in [0.1, 0.15) is 0 Å². The molecule has 0 aliphatic carbocycles. The summed E-state index contributed by atoms with van der Waals surface area (Å²) in [7, 11) is 2.05. The van der Waals surface area contributed by atoms with Gasteiger partial charge in [-0.1, -0.05) is 0 Å². The smallest absolute Gasteiger partial charge is 0.0875 e. The number of morpholine rings is 1. The number of hydrogen-bond acceptors (Lipinski definition) is 3. The van der Waals surface area contributed by atoms with Gasteiger partial charge < -0.3 is 10.1 Å². The fourth-order valence-corrected chi connectivity index (χ4v) is 2.94. The van der Waals surface area contributed by atoms with Crippen LogP contribution in [0.25, 0.3) is 0 Å². The van der Waals surface area contributed by atoms with E-state index >= 15 is 0 Å². The lowest BCUT2D eigenvalue weighted by Crippen LogP contribution is -2.40. The molecule has 62 valence electrons. The molecular formula is C8H14N2O. The van der Waals surface area contributed by atoms with Gasteiger partial charge in [-0.2, -0.15) is 0 Å². The molecule has 3 aliphatic rings. The summed E-state index contributed by atoms with van der Waals surface area (Å²) >= 11 is 0. The van der Waals surface area contributed by atoms with E-state index in [0.29, 0.717) is 24.3 Å². The average molecular weight is 154 g/mol. The van der Waals surface area contributed by atoms with E-state index in [4.69, 9.17) is 4.74 Å². The highest BCUT2D eigenvalue weighted by atomic mass is 16.5. The van der Waals surface area contributed by atoms with E-state index in [1.54, 1.807) is 0 Å². The molecule has 0 radical (unpaired) electrons. The molecule has 1 N–H and O–H groups in total. The number of hydrogen-bond donors (Lipinski definition) is 1.